The van der Waals surface area contributed by atoms with Gasteiger partial charge in [-0.1, -0.05) is 59.7 Å². The van der Waals surface area contributed by atoms with Crippen LogP contribution in [0, 0.1) is 0 Å². The molecule has 0 radical (unpaired) electrons. The van der Waals surface area contributed by atoms with Crippen LogP contribution in [-0.4, -0.2) is 115 Å². The van der Waals surface area contributed by atoms with Crippen LogP contribution >= 0.6 is 21.6 Å². The van der Waals surface area contributed by atoms with Crippen molar-refractivity contribution >= 4 is 51.3 Å². The number of unbranched alkanes of at least 4 members (excludes halogenated alkanes) is 2. The quantitative estimate of drug-likeness (QED) is 0.0880. The van der Waals surface area contributed by atoms with E-state index in [1.807, 2.05) is 0 Å². The molecule has 12 nitrogen and oxygen atoms in total. The molecule has 4 aliphatic rings. The van der Waals surface area contributed by atoms with Gasteiger partial charge in [-0.05, 0) is 55.9 Å². The molecule has 0 saturated carbocycles. The number of nitrogens with zero attached hydrogens (tertiary/aromatic N) is 3. The lowest BCUT2D eigenvalue weighted by Gasteiger charge is -2.28. The van der Waals surface area contributed by atoms with Gasteiger partial charge in [-0.15, -0.1) is 0 Å². The number of hydrogen-bond acceptors (Lipinski definition) is 12. The second-order valence-electron chi connectivity index (χ2n) is 14.2. The van der Waals surface area contributed by atoms with Crippen LogP contribution in [0.15, 0.2) is 53.6 Å². The summed E-state index contributed by atoms with van der Waals surface area (Å²) in [6.07, 6.45) is 3.90. The van der Waals surface area contributed by atoms with E-state index in [1.165, 1.54) is 7.11 Å². The van der Waals surface area contributed by atoms with E-state index in [0.29, 0.717) is 96.4 Å². The van der Waals surface area contributed by atoms with Gasteiger partial charge in [0.2, 0.25) is 0 Å². The van der Waals surface area contributed by atoms with Crippen molar-refractivity contribution in [3.05, 3.63) is 65.3 Å². The van der Waals surface area contributed by atoms with Crippen LogP contribution in [0.5, 0.6) is 23.0 Å². The van der Waals surface area contributed by atoms with Gasteiger partial charge in [-0.2, -0.15) is 0 Å². The number of aliphatic imine (C=N–C) groups is 1. The summed E-state index contributed by atoms with van der Waals surface area (Å²) in [6.45, 7) is 14.0. The molecule has 2 fully saturated rings. The van der Waals surface area contributed by atoms with Gasteiger partial charge in [0, 0.05) is 41.9 Å². The molecule has 2 unspecified atom stereocenters. The van der Waals surface area contributed by atoms with Crippen molar-refractivity contribution in [1.82, 2.24) is 9.80 Å². The standard InChI is InChI=1S/C40H49N3O9S2/c1-23(2)54-53-13-12-52-40(47)36-27-16-34(32(48-5)17-28(27)38(45)43-22-25(4)15-31(43)37(36)44)50-10-8-7-9-11-51-35-19-30-29(18-33(35)49-6)39(46)42-21-24(3)14-26(42)20-41-30/h16-20,23,26,31,36-37,44H,3-4,7-15,21-22H2,1-2,5-6H3/t26-,31-,36?,37?/m0/s1. The second kappa shape index (κ2) is 17.5. The number of methoxy groups -OCH3 is 2. The largest absolute Gasteiger partial charge is 0.493 e. The summed E-state index contributed by atoms with van der Waals surface area (Å²) in [5, 5.41) is 12.1. The van der Waals surface area contributed by atoms with E-state index in [2.05, 4.69) is 32.0 Å². The predicted octanol–water partition coefficient (Wildman–Crippen LogP) is 6.38. The first-order valence-corrected chi connectivity index (χ1v) is 20.7. The molecule has 290 valence electrons. The highest BCUT2D eigenvalue weighted by molar-refractivity contribution is 8.76. The number of hydrogen-bond donors (Lipinski definition) is 1. The van der Waals surface area contributed by atoms with Gasteiger partial charge in [0.25, 0.3) is 11.8 Å². The van der Waals surface area contributed by atoms with Crippen LogP contribution in [0.3, 0.4) is 0 Å². The molecule has 2 aromatic rings. The molecule has 1 N–H and O–H groups in total. The molecule has 0 aliphatic carbocycles. The minimum absolute atomic E-state index is 0.0980. The van der Waals surface area contributed by atoms with Gasteiger partial charge >= 0.3 is 5.97 Å². The number of carbonyl (C=O) groups is 3. The SMILES string of the molecule is C=C1C[C@H]2C=Nc3cc(OCCCCCOc4cc5c(cc4OC)C(=O)N4CC(=C)C[C@H]4C(O)C5C(=O)OCCSSC(C)C)c(OC)cc3C(=O)N2C1. The number of aliphatic hydroxyl groups is 1. The summed E-state index contributed by atoms with van der Waals surface area (Å²) >= 11 is 0. The van der Waals surface area contributed by atoms with Crippen LogP contribution in [0.25, 0.3) is 0 Å². The van der Waals surface area contributed by atoms with E-state index in [1.54, 1.807) is 69.0 Å². The first kappa shape index (κ1) is 39.6. The minimum atomic E-state index is -1.19. The van der Waals surface area contributed by atoms with Gasteiger partial charge in [-0.25, -0.2) is 0 Å². The average Bonchev–Trinajstić information content (AvgIpc) is 3.69. The highest BCUT2D eigenvalue weighted by Gasteiger charge is 2.48. The summed E-state index contributed by atoms with van der Waals surface area (Å²) in [5.74, 6) is 0.231. The zero-order chi connectivity index (χ0) is 38.5. The topological polar surface area (TPSA) is 136 Å². The Bertz CT molecular complexity index is 1810. The fraction of sp³-hybridized carbons (Fsp3) is 0.500. The number of rotatable bonds is 16. The Morgan fingerprint density at radius 1 is 0.870 bits per heavy atom. The molecule has 4 aliphatic heterocycles. The third-order valence-corrected chi connectivity index (χ3v) is 12.8. The van der Waals surface area contributed by atoms with Crippen LogP contribution in [0.2, 0.25) is 0 Å². The van der Waals surface area contributed by atoms with Crippen LogP contribution < -0.4 is 18.9 Å². The number of ether oxygens (including phenoxy) is 5. The highest BCUT2D eigenvalue weighted by Crippen LogP contribution is 2.43. The Balaban J connectivity index is 1.08. The van der Waals surface area contributed by atoms with Crippen molar-refractivity contribution in [3.63, 3.8) is 0 Å². The maximum atomic E-state index is 13.8. The molecule has 0 aromatic heterocycles. The zero-order valence-corrected chi connectivity index (χ0v) is 33.0. The van der Waals surface area contributed by atoms with Crippen molar-refractivity contribution in [2.24, 2.45) is 4.99 Å². The molecular formula is C40H49N3O9S2. The molecule has 14 heteroatoms. The first-order chi connectivity index (χ1) is 26.0. The molecule has 6 rings (SSSR count). The Hall–Kier alpha value is -4.14. The Morgan fingerprint density at radius 2 is 1.50 bits per heavy atom. The molecule has 2 saturated heterocycles. The van der Waals surface area contributed by atoms with Crippen molar-refractivity contribution < 1.29 is 43.2 Å². The van der Waals surface area contributed by atoms with Crippen LogP contribution in [0.4, 0.5) is 5.69 Å². The number of benzene rings is 2. The minimum Gasteiger partial charge on any atom is -0.493 e. The number of fused-ring (bicyclic) bond motifs is 4. The highest BCUT2D eigenvalue weighted by atomic mass is 33.1. The Labute approximate surface area is 324 Å². The fourth-order valence-corrected chi connectivity index (χ4v) is 9.10. The summed E-state index contributed by atoms with van der Waals surface area (Å²) in [7, 11) is 6.37. The summed E-state index contributed by atoms with van der Waals surface area (Å²) in [4.78, 5) is 48.7. The smallest absolute Gasteiger partial charge is 0.316 e. The van der Waals surface area contributed by atoms with E-state index < -0.39 is 24.0 Å². The van der Waals surface area contributed by atoms with E-state index in [0.717, 1.165) is 24.0 Å². The maximum Gasteiger partial charge on any atom is 0.316 e. The fourth-order valence-electron chi connectivity index (χ4n) is 7.27. The third kappa shape index (κ3) is 8.55. The lowest BCUT2D eigenvalue weighted by Crippen LogP contribution is -2.44. The van der Waals surface area contributed by atoms with Gasteiger partial charge in [0.05, 0.1) is 56.9 Å². The number of aliphatic hydroxyl groups excluding tert-OH is 1. The van der Waals surface area contributed by atoms with E-state index in [-0.39, 0.29) is 30.0 Å². The zero-order valence-electron chi connectivity index (χ0n) is 31.3. The van der Waals surface area contributed by atoms with Gasteiger partial charge < -0.3 is 38.6 Å². The van der Waals surface area contributed by atoms with Gasteiger partial charge in [0.1, 0.15) is 12.5 Å². The molecule has 54 heavy (non-hydrogen) atoms. The van der Waals surface area contributed by atoms with Crippen molar-refractivity contribution in [2.75, 3.05) is 52.9 Å². The first-order valence-electron chi connectivity index (χ1n) is 18.3. The molecular weight excluding hydrogens is 731 g/mol. The van der Waals surface area contributed by atoms with E-state index >= 15 is 0 Å². The lowest BCUT2D eigenvalue weighted by molar-refractivity contribution is -0.148. The van der Waals surface area contributed by atoms with Crippen LogP contribution in [-0.2, 0) is 9.53 Å². The monoisotopic (exact) mass is 779 g/mol. The normalized spacial score (nSPS) is 21.7. The number of amides is 2. The summed E-state index contributed by atoms with van der Waals surface area (Å²) < 4.78 is 29.2. The second-order valence-corrected chi connectivity index (χ2v) is 17.2. The van der Waals surface area contributed by atoms with Gasteiger partial charge in [0.15, 0.2) is 23.0 Å². The van der Waals surface area contributed by atoms with Crippen molar-refractivity contribution in [3.8, 4) is 23.0 Å². The summed E-state index contributed by atoms with van der Waals surface area (Å²) in [5.41, 5.74) is 3.48. The molecule has 4 atom stereocenters. The number of esters is 1. The molecule has 0 spiro atoms. The van der Waals surface area contributed by atoms with E-state index in [9.17, 15) is 19.5 Å². The molecule has 2 aromatic carbocycles. The summed E-state index contributed by atoms with van der Waals surface area (Å²) in [6, 6.07) is 5.99. The molecule has 4 heterocycles. The predicted molar refractivity (Wildman–Crippen MR) is 211 cm³/mol. The lowest BCUT2D eigenvalue weighted by atomic mass is 9.86. The van der Waals surface area contributed by atoms with Crippen LogP contribution in [0.1, 0.15) is 78.1 Å². The molecule has 2 amide bonds. The maximum absolute atomic E-state index is 13.8. The van der Waals surface area contributed by atoms with Crippen molar-refractivity contribution in [1.29, 1.82) is 0 Å². The average molecular weight is 780 g/mol. The van der Waals surface area contributed by atoms with Gasteiger partial charge in [-0.3, -0.25) is 19.4 Å². The third-order valence-electron chi connectivity index (χ3n) is 9.87. The number of carbonyl (C=O) groups excluding carboxylic acids is 3. The Morgan fingerprint density at radius 3 is 2.19 bits per heavy atom. The van der Waals surface area contributed by atoms with Crippen molar-refractivity contribution in [2.45, 2.75) is 75.3 Å². The van der Waals surface area contributed by atoms with E-state index in [4.69, 9.17) is 23.7 Å². The molecule has 0 bridgehead atoms. The Kier molecular flexibility index (Phi) is 12.9.